The zero-order valence-electron chi connectivity index (χ0n) is 40.0. The van der Waals surface area contributed by atoms with Gasteiger partial charge < -0.3 is 43.0 Å². The monoisotopic (exact) mass is 932 g/mol. The zero-order chi connectivity index (χ0) is 47.8. The molecule has 2 aliphatic rings. The van der Waals surface area contributed by atoms with E-state index < -0.39 is 17.8 Å². The minimum Gasteiger partial charge on any atom is -0.482 e. The first kappa shape index (κ1) is 49.1. The molecule has 6 aromatic carbocycles. The first-order valence-electron chi connectivity index (χ1n) is 23.9. The number of amides is 2. The van der Waals surface area contributed by atoms with Crippen LogP contribution in [0, 0.1) is 11.8 Å². The van der Waals surface area contributed by atoms with Gasteiger partial charge in [0.1, 0.15) is 18.0 Å². The van der Waals surface area contributed by atoms with E-state index in [0.717, 1.165) is 38.9 Å². The number of piperidine rings is 1. The third kappa shape index (κ3) is 12.3. The van der Waals surface area contributed by atoms with Crippen molar-refractivity contribution in [3.63, 3.8) is 0 Å². The molecule has 2 heterocycles. The lowest BCUT2D eigenvalue weighted by molar-refractivity contribution is -0.121. The summed E-state index contributed by atoms with van der Waals surface area (Å²) in [5, 5.41) is 0. The van der Waals surface area contributed by atoms with E-state index in [-0.39, 0.29) is 56.6 Å². The number of hydrogen-bond acceptors (Lipinski definition) is 9. The van der Waals surface area contributed by atoms with E-state index in [4.69, 9.17) is 33.2 Å². The molecule has 0 radical (unpaired) electrons. The topological polar surface area (TPSA) is 105 Å². The number of carbonyl (C=O) groups is 2. The summed E-state index contributed by atoms with van der Waals surface area (Å²) in [6, 6.07) is 55.1. The lowest BCUT2D eigenvalue weighted by Crippen LogP contribution is -2.53. The summed E-state index contributed by atoms with van der Waals surface area (Å²) in [5.41, 5.74) is 6.52. The molecule has 0 spiro atoms. The van der Waals surface area contributed by atoms with Gasteiger partial charge in [-0.2, -0.15) is 0 Å². The van der Waals surface area contributed by atoms with Crippen molar-refractivity contribution in [3.8, 4) is 5.75 Å². The van der Waals surface area contributed by atoms with Crippen molar-refractivity contribution in [1.29, 1.82) is 0 Å². The van der Waals surface area contributed by atoms with Crippen molar-refractivity contribution in [1.82, 2.24) is 4.90 Å². The van der Waals surface area contributed by atoms with Gasteiger partial charge in [0.05, 0.1) is 51.4 Å². The van der Waals surface area contributed by atoms with Crippen molar-refractivity contribution in [2.45, 2.75) is 50.8 Å². The minimum atomic E-state index is -1.00. The summed E-state index contributed by atoms with van der Waals surface area (Å²) < 4.78 is 43.3. The molecular weight excluding hydrogens is 869 g/mol. The predicted molar refractivity (Wildman–Crippen MR) is 266 cm³/mol. The molecule has 0 bridgehead atoms. The van der Waals surface area contributed by atoms with Crippen LogP contribution in [0.3, 0.4) is 0 Å². The Morgan fingerprint density at radius 1 is 0.696 bits per heavy atom. The number of likely N-dealkylation sites (tertiary alicyclic amines) is 1. The summed E-state index contributed by atoms with van der Waals surface area (Å²) >= 11 is 0. The summed E-state index contributed by atoms with van der Waals surface area (Å²) in [7, 11) is 3.36. The van der Waals surface area contributed by atoms with Crippen LogP contribution in [0.2, 0.25) is 0 Å². The second kappa shape index (κ2) is 24.3. The highest BCUT2D eigenvalue weighted by Crippen LogP contribution is 2.44. The quantitative estimate of drug-likeness (QED) is 0.0486. The van der Waals surface area contributed by atoms with E-state index in [2.05, 4.69) is 67.6 Å². The number of carbonyl (C=O) groups excluding carboxylic acids is 2. The van der Waals surface area contributed by atoms with Crippen LogP contribution in [0.15, 0.2) is 164 Å². The van der Waals surface area contributed by atoms with Gasteiger partial charge in [-0.1, -0.05) is 159 Å². The molecule has 69 heavy (non-hydrogen) atoms. The fourth-order valence-corrected chi connectivity index (χ4v) is 9.56. The number of rotatable bonds is 22. The molecule has 0 saturated carbocycles. The predicted octanol–water partition coefficient (Wildman–Crippen LogP) is 10.2. The average molecular weight is 933 g/mol. The van der Waals surface area contributed by atoms with Gasteiger partial charge in [0, 0.05) is 51.7 Å². The van der Waals surface area contributed by atoms with Gasteiger partial charge in [-0.25, -0.2) is 4.79 Å². The Morgan fingerprint density at radius 3 is 1.93 bits per heavy atom. The first-order valence-corrected chi connectivity index (χ1v) is 23.9. The van der Waals surface area contributed by atoms with Crippen LogP contribution < -0.4 is 9.64 Å². The van der Waals surface area contributed by atoms with E-state index in [1.54, 1.807) is 24.0 Å². The molecule has 1 fully saturated rings. The number of benzene rings is 6. The van der Waals surface area contributed by atoms with Crippen molar-refractivity contribution in [3.05, 3.63) is 203 Å². The molecule has 2 amide bonds. The van der Waals surface area contributed by atoms with Crippen molar-refractivity contribution < 1.29 is 42.7 Å². The van der Waals surface area contributed by atoms with Crippen LogP contribution >= 0.6 is 0 Å². The number of hydrogen-bond donors (Lipinski definition) is 0. The largest absolute Gasteiger partial charge is 0.482 e. The summed E-state index contributed by atoms with van der Waals surface area (Å²) in [4.78, 5) is 31.0. The van der Waals surface area contributed by atoms with Crippen LogP contribution in [0.4, 0.5) is 10.5 Å². The average Bonchev–Trinajstić information content (AvgIpc) is 3.39. The van der Waals surface area contributed by atoms with Gasteiger partial charge >= 0.3 is 6.09 Å². The molecule has 1 saturated heterocycles. The number of ether oxygens (including phenoxy) is 7. The molecule has 6 aromatic rings. The molecular formula is C58H64N2O9. The van der Waals surface area contributed by atoms with E-state index in [1.807, 2.05) is 103 Å². The second-order valence-corrected chi connectivity index (χ2v) is 18.0. The molecule has 360 valence electrons. The van der Waals surface area contributed by atoms with Crippen LogP contribution in [0.25, 0.3) is 0 Å². The van der Waals surface area contributed by atoms with Gasteiger partial charge in [0.15, 0.2) is 6.61 Å². The van der Waals surface area contributed by atoms with Crippen LogP contribution in [0.5, 0.6) is 5.75 Å². The maximum atomic E-state index is 14.3. The maximum absolute atomic E-state index is 14.3. The molecule has 0 aromatic heterocycles. The normalized spacial score (nSPS) is 17.5. The Hall–Kier alpha value is -6.34. The number of methoxy groups -OCH3 is 2. The van der Waals surface area contributed by atoms with Crippen LogP contribution in [0.1, 0.15) is 58.2 Å². The molecule has 0 unspecified atom stereocenters. The third-order valence-electron chi connectivity index (χ3n) is 12.9. The Balaban J connectivity index is 1.16. The molecule has 2 aliphatic heterocycles. The Bertz CT molecular complexity index is 2410. The standard InChI is InChI=1S/C58H64N2O9/c1-43(36-64-3)37-65-38-45-25-28-47(29-26-45)56-48(41-69-58(49-19-10-5-11-20-49,50-21-12-6-13-22-50)51-23-14-7-15-24-51)34-59(57(62)68-39-44-17-8-4-9-18-44)35-54(56)66-40-46-27-30-53-52(33-46)60(31-16-32-63-2)55(61)42-67-53/h4-15,17-30,33,43,48,54,56H,16,31-32,34-42H2,1-3H3/t43-,48-,54-,56-/m0/s1. The van der Waals surface area contributed by atoms with Gasteiger partial charge in [-0.3, -0.25) is 4.79 Å². The van der Waals surface area contributed by atoms with E-state index >= 15 is 0 Å². The van der Waals surface area contributed by atoms with Crippen molar-refractivity contribution >= 4 is 17.7 Å². The lowest BCUT2D eigenvalue weighted by atomic mass is 9.77. The molecule has 4 atom stereocenters. The summed E-state index contributed by atoms with van der Waals surface area (Å²) in [6.45, 7) is 6.03. The van der Waals surface area contributed by atoms with Crippen LogP contribution in [-0.4, -0.2) is 89.9 Å². The molecule has 11 heteroatoms. The van der Waals surface area contributed by atoms with Gasteiger partial charge in [0.25, 0.3) is 5.91 Å². The minimum absolute atomic E-state index is 0.0167. The summed E-state index contributed by atoms with van der Waals surface area (Å²) in [6.07, 6.45) is -0.244. The van der Waals surface area contributed by atoms with Gasteiger partial charge in [-0.05, 0) is 57.5 Å². The smallest absolute Gasteiger partial charge is 0.410 e. The second-order valence-electron chi connectivity index (χ2n) is 18.0. The zero-order valence-corrected chi connectivity index (χ0v) is 40.0. The molecule has 11 nitrogen and oxygen atoms in total. The lowest BCUT2D eigenvalue weighted by Gasteiger charge is -2.45. The van der Waals surface area contributed by atoms with E-state index in [1.165, 1.54) is 0 Å². The molecule has 0 N–H and O–H groups in total. The Kier molecular flexibility index (Phi) is 17.3. The Labute approximate surface area is 406 Å². The maximum Gasteiger partial charge on any atom is 0.410 e. The molecule has 8 rings (SSSR count). The molecule has 0 aliphatic carbocycles. The highest BCUT2D eigenvalue weighted by Gasteiger charge is 2.44. The Morgan fingerprint density at radius 2 is 1.30 bits per heavy atom. The summed E-state index contributed by atoms with van der Waals surface area (Å²) in [5.74, 6) is 0.313. The highest BCUT2D eigenvalue weighted by atomic mass is 16.6. The number of nitrogens with zero attached hydrogens (tertiary/aromatic N) is 2. The fourth-order valence-electron chi connectivity index (χ4n) is 9.56. The number of fused-ring (bicyclic) bond motifs is 1. The van der Waals surface area contributed by atoms with Crippen molar-refractivity contribution in [2.75, 3.05) is 71.8 Å². The van der Waals surface area contributed by atoms with Gasteiger partial charge in [-0.15, -0.1) is 0 Å². The SMILES string of the molecule is COCCCN1C(=O)COc2ccc(CO[C@H]3CN(C(=O)OCc4ccccc4)C[C@@H](COC(c4ccccc4)(c4ccccc4)c4ccccc4)[C@@H]3c3ccc(COC[C@@H](C)COC)cc3)cc21. The van der Waals surface area contributed by atoms with Gasteiger partial charge in [0.2, 0.25) is 0 Å². The van der Waals surface area contributed by atoms with Crippen molar-refractivity contribution in [2.24, 2.45) is 11.8 Å². The highest BCUT2D eigenvalue weighted by molar-refractivity contribution is 5.97. The van der Waals surface area contributed by atoms with Crippen LogP contribution in [-0.2, 0) is 58.6 Å². The third-order valence-corrected chi connectivity index (χ3v) is 12.9. The first-order chi connectivity index (χ1) is 33.9. The van der Waals surface area contributed by atoms with E-state index in [0.29, 0.717) is 57.4 Å². The fraction of sp³-hybridized carbons (Fsp3) is 0.345. The van der Waals surface area contributed by atoms with E-state index in [9.17, 15) is 9.59 Å². The number of anilines is 1.